The van der Waals surface area contributed by atoms with Crippen LogP contribution in [0.2, 0.25) is 5.15 Å². The largest absolute Gasteiger partial charge is 0.396 e. The number of halogens is 1. The topological polar surface area (TPSA) is 55.1 Å². The van der Waals surface area contributed by atoms with Crippen molar-refractivity contribution in [2.75, 3.05) is 6.61 Å². The summed E-state index contributed by atoms with van der Waals surface area (Å²) < 4.78 is 1.53. The first-order chi connectivity index (χ1) is 6.75. The lowest BCUT2D eigenvalue weighted by Crippen LogP contribution is -2.20. The van der Waals surface area contributed by atoms with Gasteiger partial charge in [-0.25, -0.2) is 4.98 Å². The summed E-state index contributed by atoms with van der Waals surface area (Å²) >= 11 is 5.57. The van der Waals surface area contributed by atoms with E-state index in [9.17, 15) is 4.79 Å². The normalized spacial score (nSPS) is 10.4. The fourth-order valence-electron chi connectivity index (χ4n) is 1.17. The van der Waals surface area contributed by atoms with Crippen molar-refractivity contribution in [3.63, 3.8) is 0 Å². The van der Waals surface area contributed by atoms with Crippen LogP contribution < -0.4 is 5.56 Å². The summed E-state index contributed by atoms with van der Waals surface area (Å²) in [4.78, 5) is 15.0. The second-order valence-electron chi connectivity index (χ2n) is 3.00. The minimum Gasteiger partial charge on any atom is -0.396 e. The lowest BCUT2D eigenvalue weighted by Gasteiger charge is -2.04. The predicted molar refractivity (Wildman–Crippen MR) is 54.4 cm³/mol. The summed E-state index contributed by atoms with van der Waals surface area (Å²) in [7, 11) is 0. The van der Waals surface area contributed by atoms with Gasteiger partial charge in [-0.15, -0.1) is 0 Å². The summed E-state index contributed by atoms with van der Waals surface area (Å²) in [5.74, 6) is 0. The van der Waals surface area contributed by atoms with Crippen LogP contribution >= 0.6 is 11.6 Å². The number of aliphatic hydroxyl groups is 1. The van der Waals surface area contributed by atoms with Crippen molar-refractivity contribution in [3.8, 4) is 0 Å². The summed E-state index contributed by atoms with van der Waals surface area (Å²) in [5, 5.41) is 8.57. The maximum absolute atomic E-state index is 11.4. The third-order valence-electron chi connectivity index (χ3n) is 1.93. The Morgan fingerprint density at radius 3 is 2.93 bits per heavy atom. The maximum Gasteiger partial charge on any atom is 0.288 e. The van der Waals surface area contributed by atoms with E-state index in [0.717, 1.165) is 19.3 Å². The average molecular weight is 217 g/mol. The van der Waals surface area contributed by atoms with Gasteiger partial charge in [0, 0.05) is 25.5 Å². The van der Waals surface area contributed by atoms with E-state index in [1.54, 1.807) is 6.20 Å². The summed E-state index contributed by atoms with van der Waals surface area (Å²) in [6.07, 6.45) is 5.67. The fourth-order valence-corrected chi connectivity index (χ4v) is 1.33. The molecule has 0 atom stereocenters. The highest BCUT2D eigenvalue weighted by molar-refractivity contribution is 6.29. The lowest BCUT2D eigenvalue weighted by molar-refractivity contribution is 0.281. The SMILES string of the molecule is O=c1c(Cl)nccn1CCCCCO. The monoisotopic (exact) mass is 216 g/mol. The third-order valence-corrected chi connectivity index (χ3v) is 2.19. The van der Waals surface area contributed by atoms with Crippen molar-refractivity contribution >= 4 is 11.6 Å². The molecule has 0 radical (unpaired) electrons. The molecular formula is C9H13ClN2O2. The van der Waals surface area contributed by atoms with Gasteiger partial charge in [-0.2, -0.15) is 0 Å². The standard InChI is InChI=1S/C9H13ClN2O2/c10-8-9(14)12(6-4-11-8)5-2-1-3-7-13/h4,6,13H,1-3,5,7H2. The van der Waals surface area contributed by atoms with Crippen molar-refractivity contribution in [2.45, 2.75) is 25.8 Å². The molecule has 0 saturated heterocycles. The molecule has 4 nitrogen and oxygen atoms in total. The average Bonchev–Trinajstić information content (AvgIpc) is 2.19. The number of aliphatic hydroxyl groups excluding tert-OH is 1. The van der Waals surface area contributed by atoms with Crippen molar-refractivity contribution < 1.29 is 5.11 Å². The fraction of sp³-hybridized carbons (Fsp3) is 0.556. The molecule has 0 saturated carbocycles. The Hall–Kier alpha value is -0.870. The van der Waals surface area contributed by atoms with Crippen LogP contribution in [0.25, 0.3) is 0 Å². The summed E-state index contributed by atoms with van der Waals surface area (Å²) in [6.45, 7) is 0.826. The van der Waals surface area contributed by atoms with E-state index in [2.05, 4.69) is 4.98 Å². The van der Waals surface area contributed by atoms with Gasteiger partial charge in [-0.1, -0.05) is 11.6 Å². The number of nitrogens with zero attached hydrogens (tertiary/aromatic N) is 2. The molecule has 0 fully saturated rings. The molecular weight excluding hydrogens is 204 g/mol. The quantitative estimate of drug-likeness (QED) is 0.749. The molecule has 0 spiro atoms. The van der Waals surface area contributed by atoms with Gasteiger partial charge in [0.2, 0.25) is 0 Å². The molecule has 14 heavy (non-hydrogen) atoms. The van der Waals surface area contributed by atoms with E-state index in [-0.39, 0.29) is 17.3 Å². The van der Waals surface area contributed by atoms with Crippen LogP contribution in [0, 0.1) is 0 Å². The second-order valence-corrected chi connectivity index (χ2v) is 3.36. The Kier molecular flexibility index (Phi) is 4.62. The molecule has 0 amide bonds. The van der Waals surface area contributed by atoms with E-state index in [1.165, 1.54) is 10.8 Å². The number of aryl methyl sites for hydroxylation is 1. The summed E-state index contributed by atoms with van der Waals surface area (Å²) in [5.41, 5.74) is -0.252. The molecule has 0 unspecified atom stereocenters. The number of unbranched alkanes of at least 4 members (excludes halogenated alkanes) is 2. The van der Waals surface area contributed by atoms with Crippen molar-refractivity contribution in [1.82, 2.24) is 9.55 Å². The zero-order valence-electron chi connectivity index (χ0n) is 7.82. The molecule has 0 aliphatic heterocycles. The Morgan fingerprint density at radius 2 is 2.21 bits per heavy atom. The first-order valence-corrected chi connectivity index (χ1v) is 4.95. The van der Waals surface area contributed by atoms with Gasteiger partial charge in [0.25, 0.3) is 5.56 Å². The van der Waals surface area contributed by atoms with E-state index in [4.69, 9.17) is 16.7 Å². The first kappa shape index (κ1) is 11.2. The molecule has 0 bridgehead atoms. The van der Waals surface area contributed by atoms with Crippen molar-refractivity contribution in [2.24, 2.45) is 0 Å². The zero-order chi connectivity index (χ0) is 10.4. The van der Waals surface area contributed by atoms with Gasteiger partial charge < -0.3 is 9.67 Å². The van der Waals surface area contributed by atoms with Gasteiger partial charge in [0.05, 0.1) is 0 Å². The van der Waals surface area contributed by atoms with E-state index >= 15 is 0 Å². The molecule has 1 N–H and O–H groups in total. The predicted octanol–water partition coefficient (Wildman–Crippen LogP) is 1.06. The molecule has 1 aromatic heterocycles. The maximum atomic E-state index is 11.4. The number of hydrogen-bond acceptors (Lipinski definition) is 3. The minimum atomic E-state index is -0.252. The molecule has 0 aromatic carbocycles. The van der Waals surface area contributed by atoms with E-state index in [0.29, 0.717) is 6.54 Å². The number of hydrogen-bond donors (Lipinski definition) is 1. The van der Waals surface area contributed by atoms with Crippen LogP contribution in [0.1, 0.15) is 19.3 Å². The molecule has 1 aromatic rings. The van der Waals surface area contributed by atoms with Crippen LogP contribution in [-0.2, 0) is 6.54 Å². The van der Waals surface area contributed by atoms with Gasteiger partial charge in [0.15, 0.2) is 5.15 Å². The van der Waals surface area contributed by atoms with Crippen LogP contribution in [0.3, 0.4) is 0 Å². The van der Waals surface area contributed by atoms with Crippen LogP contribution in [0.5, 0.6) is 0 Å². The lowest BCUT2D eigenvalue weighted by atomic mass is 10.2. The Balaban J connectivity index is 2.51. The van der Waals surface area contributed by atoms with Gasteiger partial charge in [0.1, 0.15) is 0 Å². The Labute approximate surface area is 87.2 Å². The Morgan fingerprint density at radius 1 is 1.43 bits per heavy atom. The second kappa shape index (κ2) is 5.78. The van der Waals surface area contributed by atoms with Crippen LogP contribution in [0.4, 0.5) is 0 Å². The first-order valence-electron chi connectivity index (χ1n) is 4.57. The van der Waals surface area contributed by atoms with Crippen molar-refractivity contribution in [1.29, 1.82) is 0 Å². The molecule has 0 aliphatic rings. The summed E-state index contributed by atoms with van der Waals surface area (Å²) in [6, 6.07) is 0. The number of aromatic nitrogens is 2. The highest BCUT2D eigenvalue weighted by atomic mass is 35.5. The highest BCUT2D eigenvalue weighted by Crippen LogP contribution is 1.98. The molecule has 1 heterocycles. The van der Waals surface area contributed by atoms with Crippen LogP contribution in [-0.4, -0.2) is 21.3 Å². The molecule has 5 heteroatoms. The highest BCUT2D eigenvalue weighted by Gasteiger charge is 2.00. The molecule has 1 rings (SSSR count). The van der Waals surface area contributed by atoms with Gasteiger partial charge in [-0.05, 0) is 19.3 Å². The van der Waals surface area contributed by atoms with Crippen LogP contribution in [0.15, 0.2) is 17.2 Å². The molecule has 0 aliphatic carbocycles. The number of rotatable bonds is 5. The Bertz CT molecular complexity index is 338. The smallest absolute Gasteiger partial charge is 0.288 e. The van der Waals surface area contributed by atoms with Crippen molar-refractivity contribution in [3.05, 3.63) is 27.9 Å². The minimum absolute atomic E-state index is 0.00894. The van der Waals surface area contributed by atoms with Gasteiger partial charge >= 0.3 is 0 Å². The van der Waals surface area contributed by atoms with E-state index in [1.807, 2.05) is 0 Å². The third kappa shape index (κ3) is 3.12. The molecule has 78 valence electrons. The van der Waals surface area contributed by atoms with Gasteiger partial charge in [-0.3, -0.25) is 4.79 Å². The zero-order valence-corrected chi connectivity index (χ0v) is 8.57. The van der Waals surface area contributed by atoms with E-state index < -0.39 is 0 Å².